The number of benzene rings is 2. The number of rotatable bonds is 5. The number of aromatic nitrogens is 3. The molecule has 1 fully saturated rings. The Balaban J connectivity index is 1.44. The van der Waals surface area contributed by atoms with Gasteiger partial charge in [-0.25, -0.2) is 4.68 Å². The Morgan fingerprint density at radius 3 is 2.22 bits per heavy atom. The van der Waals surface area contributed by atoms with E-state index in [1.807, 2.05) is 63.2 Å². The molecule has 0 atom stereocenters. The zero-order valence-electron chi connectivity index (χ0n) is 18.8. The molecule has 2 heterocycles. The fourth-order valence-corrected chi connectivity index (χ4v) is 4.09. The molecule has 1 aromatic heterocycles. The summed E-state index contributed by atoms with van der Waals surface area (Å²) in [6.07, 6.45) is 1.33. The predicted molar refractivity (Wildman–Crippen MR) is 123 cm³/mol. The summed E-state index contributed by atoms with van der Waals surface area (Å²) >= 11 is 0. The molecule has 0 unspecified atom stereocenters. The molecule has 0 spiro atoms. The van der Waals surface area contributed by atoms with E-state index < -0.39 is 0 Å². The highest BCUT2D eigenvalue weighted by Crippen LogP contribution is 2.23. The first-order valence-electron chi connectivity index (χ1n) is 11.1. The van der Waals surface area contributed by atoms with E-state index in [0.717, 1.165) is 16.8 Å². The van der Waals surface area contributed by atoms with E-state index in [9.17, 15) is 9.59 Å². The Labute approximate surface area is 188 Å². The van der Waals surface area contributed by atoms with Crippen LogP contribution in [0.25, 0.3) is 16.8 Å². The van der Waals surface area contributed by atoms with Gasteiger partial charge in [0.2, 0.25) is 5.91 Å². The molecule has 1 aliphatic heterocycles. The second-order valence-electron chi connectivity index (χ2n) is 8.58. The number of carbonyl (C=O) groups excluding carboxylic acids is 2. The first-order valence-corrected chi connectivity index (χ1v) is 11.1. The molecule has 1 saturated heterocycles. The van der Waals surface area contributed by atoms with Crippen molar-refractivity contribution in [3.63, 3.8) is 0 Å². The number of amides is 2. The minimum atomic E-state index is -0.127. The average molecular weight is 432 g/mol. The van der Waals surface area contributed by atoms with Crippen LogP contribution in [0, 0.1) is 12.8 Å². The Bertz CT molecular complexity index is 1080. The molecule has 4 rings (SSSR count). The first kappa shape index (κ1) is 21.7. The van der Waals surface area contributed by atoms with Crippen molar-refractivity contribution in [2.75, 3.05) is 13.1 Å². The van der Waals surface area contributed by atoms with Gasteiger partial charge in [0, 0.05) is 25.0 Å². The molecule has 1 N–H and O–H groups in total. The molecule has 7 heteroatoms. The molecule has 0 bridgehead atoms. The number of nitrogens with one attached hydrogen (secondary N) is 1. The molecule has 2 amide bonds. The van der Waals surface area contributed by atoms with Crippen LogP contribution in [0.1, 0.15) is 42.9 Å². The Morgan fingerprint density at radius 1 is 0.969 bits per heavy atom. The van der Waals surface area contributed by atoms with Crippen molar-refractivity contribution in [3.05, 3.63) is 66.0 Å². The van der Waals surface area contributed by atoms with E-state index in [1.54, 1.807) is 9.58 Å². The number of likely N-dealkylation sites (tertiary alicyclic amines) is 1. The Hall–Kier alpha value is -3.48. The summed E-state index contributed by atoms with van der Waals surface area (Å²) < 4.78 is 1.70. The lowest BCUT2D eigenvalue weighted by Crippen LogP contribution is -2.44. The molecule has 0 saturated carbocycles. The van der Waals surface area contributed by atoms with Crippen molar-refractivity contribution in [3.8, 4) is 16.8 Å². The number of nitrogens with zero attached hydrogens (tertiary/aromatic N) is 4. The molecule has 7 nitrogen and oxygen atoms in total. The van der Waals surface area contributed by atoms with E-state index >= 15 is 0 Å². The van der Waals surface area contributed by atoms with E-state index in [0.29, 0.717) is 37.3 Å². The van der Waals surface area contributed by atoms with Crippen LogP contribution in [0.5, 0.6) is 0 Å². The monoisotopic (exact) mass is 431 g/mol. The van der Waals surface area contributed by atoms with E-state index in [4.69, 9.17) is 0 Å². The molecule has 32 heavy (non-hydrogen) atoms. The largest absolute Gasteiger partial charge is 0.354 e. The van der Waals surface area contributed by atoms with Gasteiger partial charge in [-0.3, -0.25) is 9.59 Å². The molecular formula is C25H29N5O2. The minimum Gasteiger partial charge on any atom is -0.354 e. The molecule has 0 aliphatic carbocycles. The van der Waals surface area contributed by atoms with Gasteiger partial charge in [0.25, 0.3) is 5.91 Å². The van der Waals surface area contributed by atoms with Gasteiger partial charge < -0.3 is 10.2 Å². The van der Waals surface area contributed by atoms with Gasteiger partial charge in [-0.2, -0.15) is 0 Å². The fourth-order valence-electron chi connectivity index (χ4n) is 4.09. The van der Waals surface area contributed by atoms with Crippen molar-refractivity contribution in [1.29, 1.82) is 0 Å². The van der Waals surface area contributed by atoms with Gasteiger partial charge >= 0.3 is 0 Å². The average Bonchev–Trinajstić information content (AvgIpc) is 3.20. The van der Waals surface area contributed by atoms with Crippen LogP contribution in [0.2, 0.25) is 0 Å². The summed E-state index contributed by atoms with van der Waals surface area (Å²) in [6, 6.07) is 18.4. The lowest BCUT2D eigenvalue weighted by molar-refractivity contribution is -0.126. The van der Waals surface area contributed by atoms with Crippen molar-refractivity contribution >= 4 is 11.8 Å². The zero-order chi connectivity index (χ0) is 22.7. The van der Waals surface area contributed by atoms with Crippen LogP contribution >= 0.6 is 0 Å². The molecule has 1 aliphatic rings. The fraction of sp³-hybridized carbons (Fsp3) is 0.360. The van der Waals surface area contributed by atoms with Crippen molar-refractivity contribution in [1.82, 2.24) is 25.2 Å². The molecule has 2 aromatic carbocycles. The summed E-state index contributed by atoms with van der Waals surface area (Å²) in [4.78, 5) is 27.1. The first-order chi connectivity index (χ1) is 15.4. The number of piperidine rings is 1. The quantitative estimate of drug-likeness (QED) is 0.669. The Morgan fingerprint density at radius 2 is 1.59 bits per heavy atom. The molecular weight excluding hydrogens is 402 g/mol. The summed E-state index contributed by atoms with van der Waals surface area (Å²) in [7, 11) is 0. The SMILES string of the molecule is Cc1c(C(=O)N2CCC(C(=O)NC(C)C)CC2)nnn1-c1ccc(-c2ccccc2)cc1. The van der Waals surface area contributed by atoms with Crippen LogP contribution in [0.15, 0.2) is 54.6 Å². The highest BCUT2D eigenvalue weighted by Gasteiger charge is 2.30. The van der Waals surface area contributed by atoms with Gasteiger partial charge in [0.15, 0.2) is 5.69 Å². The molecule has 0 radical (unpaired) electrons. The van der Waals surface area contributed by atoms with Crippen LogP contribution in [0.4, 0.5) is 0 Å². The second kappa shape index (κ2) is 9.34. The normalized spacial score (nSPS) is 14.6. The standard InChI is InChI=1S/C25H29N5O2/c1-17(2)26-24(31)21-13-15-29(16-14-21)25(32)23-18(3)30(28-27-23)22-11-9-20(10-12-22)19-7-5-4-6-8-19/h4-12,17,21H,13-16H2,1-3H3,(H,26,31). The maximum absolute atomic E-state index is 13.1. The smallest absolute Gasteiger partial charge is 0.276 e. The highest BCUT2D eigenvalue weighted by molar-refractivity contribution is 5.93. The van der Waals surface area contributed by atoms with Gasteiger partial charge in [-0.15, -0.1) is 5.10 Å². The lowest BCUT2D eigenvalue weighted by Gasteiger charge is -2.31. The van der Waals surface area contributed by atoms with Crippen LogP contribution < -0.4 is 5.32 Å². The van der Waals surface area contributed by atoms with Crippen molar-refractivity contribution in [2.45, 2.75) is 39.7 Å². The minimum absolute atomic E-state index is 0.0404. The number of hydrogen-bond acceptors (Lipinski definition) is 4. The Kier molecular flexibility index (Phi) is 6.35. The predicted octanol–water partition coefficient (Wildman–Crippen LogP) is 3.62. The van der Waals surface area contributed by atoms with Crippen LogP contribution in [-0.2, 0) is 4.79 Å². The van der Waals surface area contributed by atoms with Crippen LogP contribution in [-0.4, -0.2) is 50.8 Å². The number of carbonyl (C=O) groups is 2. The van der Waals surface area contributed by atoms with Crippen LogP contribution in [0.3, 0.4) is 0 Å². The van der Waals surface area contributed by atoms with Crippen molar-refractivity contribution < 1.29 is 9.59 Å². The summed E-state index contributed by atoms with van der Waals surface area (Å²) in [5.41, 5.74) is 4.20. The van der Waals surface area contributed by atoms with Gasteiger partial charge in [0.05, 0.1) is 11.4 Å². The van der Waals surface area contributed by atoms with Gasteiger partial charge in [-0.1, -0.05) is 47.7 Å². The van der Waals surface area contributed by atoms with Crippen molar-refractivity contribution in [2.24, 2.45) is 5.92 Å². The van der Waals surface area contributed by atoms with Gasteiger partial charge in [0.1, 0.15) is 0 Å². The number of hydrogen-bond donors (Lipinski definition) is 1. The maximum Gasteiger partial charge on any atom is 0.276 e. The third kappa shape index (κ3) is 4.56. The summed E-state index contributed by atoms with van der Waals surface area (Å²) in [5.74, 6) is -0.0908. The zero-order valence-corrected chi connectivity index (χ0v) is 18.8. The lowest BCUT2D eigenvalue weighted by atomic mass is 9.95. The summed E-state index contributed by atoms with van der Waals surface area (Å²) in [6.45, 7) is 6.87. The second-order valence-corrected chi connectivity index (χ2v) is 8.58. The van der Waals surface area contributed by atoms with E-state index in [1.165, 1.54) is 0 Å². The van der Waals surface area contributed by atoms with E-state index in [-0.39, 0.29) is 23.8 Å². The topological polar surface area (TPSA) is 80.1 Å². The molecule has 3 aromatic rings. The third-order valence-corrected chi connectivity index (χ3v) is 5.90. The highest BCUT2D eigenvalue weighted by atomic mass is 16.2. The summed E-state index contributed by atoms with van der Waals surface area (Å²) in [5, 5.41) is 11.4. The molecule has 166 valence electrons. The van der Waals surface area contributed by atoms with E-state index in [2.05, 4.69) is 27.8 Å². The van der Waals surface area contributed by atoms with Gasteiger partial charge in [-0.05, 0) is 56.9 Å². The third-order valence-electron chi connectivity index (χ3n) is 5.90. The maximum atomic E-state index is 13.1.